The van der Waals surface area contributed by atoms with Crippen LogP contribution in [0.4, 0.5) is 0 Å². The summed E-state index contributed by atoms with van der Waals surface area (Å²) in [4.78, 5) is 37.8. The van der Waals surface area contributed by atoms with E-state index in [0.29, 0.717) is 6.54 Å². The lowest BCUT2D eigenvalue weighted by Crippen LogP contribution is -2.46. The third-order valence-electron chi connectivity index (χ3n) is 3.04. The van der Waals surface area contributed by atoms with E-state index in [-0.39, 0.29) is 13.2 Å². The normalized spacial score (nSPS) is 14.8. The van der Waals surface area contributed by atoms with E-state index >= 15 is 0 Å². The van der Waals surface area contributed by atoms with Gasteiger partial charge >= 0.3 is 17.9 Å². The van der Waals surface area contributed by atoms with Gasteiger partial charge in [0.2, 0.25) is 0 Å². The smallest absolute Gasteiger partial charge is 0.303 e. The lowest BCUT2D eigenvalue weighted by Gasteiger charge is -2.30. The highest BCUT2D eigenvalue weighted by molar-refractivity contribution is 8.13. The number of carbonyl (C=O) groups excluding carboxylic acids is 3. The molecule has 1 N–H and O–H groups in total. The number of ether oxygens (including phenoxy) is 4. The molecule has 0 amide bonds. The summed E-state index contributed by atoms with van der Waals surface area (Å²) in [6.45, 7) is 5.86. The molecule has 0 radical (unpaired) electrons. The van der Waals surface area contributed by atoms with Crippen LogP contribution in [0.5, 0.6) is 0 Å². The quantitative estimate of drug-likeness (QED) is 0.189. The standard InChI is InChI=1S/C16H28N2O7S/c1-10(24-12(3)20)15(25-13(4)21)14(9-23-11(2)19)22-8-7-18-16(17-5)26-6/h10,14-15H,7-9H2,1-6H3,(H,17,18)/t10-,14-,15+/m1/s1. The van der Waals surface area contributed by atoms with Crippen molar-refractivity contribution in [3.05, 3.63) is 0 Å². The first-order valence-electron chi connectivity index (χ1n) is 8.05. The van der Waals surface area contributed by atoms with E-state index in [1.165, 1.54) is 32.5 Å². The molecule has 0 saturated carbocycles. The largest absolute Gasteiger partial charge is 0.463 e. The maximum atomic E-state index is 11.4. The van der Waals surface area contributed by atoms with Gasteiger partial charge in [0.25, 0.3) is 0 Å². The van der Waals surface area contributed by atoms with Crippen LogP contribution < -0.4 is 5.32 Å². The Morgan fingerprint density at radius 1 is 1.08 bits per heavy atom. The molecule has 9 nitrogen and oxygen atoms in total. The molecule has 0 aromatic heterocycles. The second-order valence-electron chi connectivity index (χ2n) is 5.26. The van der Waals surface area contributed by atoms with E-state index < -0.39 is 36.2 Å². The Kier molecular flexibility index (Phi) is 12.5. The number of thioether (sulfide) groups is 1. The van der Waals surface area contributed by atoms with Gasteiger partial charge in [-0.1, -0.05) is 11.8 Å². The van der Waals surface area contributed by atoms with Crippen molar-refractivity contribution in [1.82, 2.24) is 5.32 Å². The van der Waals surface area contributed by atoms with Crippen LogP contribution in [0.25, 0.3) is 0 Å². The number of esters is 3. The molecule has 0 heterocycles. The molecular formula is C16H28N2O7S. The number of nitrogens with zero attached hydrogens (tertiary/aromatic N) is 1. The van der Waals surface area contributed by atoms with Crippen LogP contribution in [0.1, 0.15) is 27.7 Å². The minimum Gasteiger partial charge on any atom is -0.463 e. The van der Waals surface area contributed by atoms with Crippen molar-refractivity contribution in [2.75, 3.05) is 33.1 Å². The van der Waals surface area contributed by atoms with Crippen molar-refractivity contribution in [3.8, 4) is 0 Å². The van der Waals surface area contributed by atoms with Crippen LogP contribution in [-0.2, 0) is 33.3 Å². The van der Waals surface area contributed by atoms with Crippen LogP contribution in [0.3, 0.4) is 0 Å². The summed E-state index contributed by atoms with van der Waals surface area (Å²) >= 11 is 1.46. The van der Waals surface area contributed by atoms with Crippen LogP contribution >= 0.6 is 11.8 Å². The molecule has 150 valence electrons. The van der Waals surface area contributed by atoms with Crippen LogP contribution in [0.2, 0.25) is 0 Å². The zero-order valence-corrected chi connectivity index (χ0v) is 16.9. The number of amidine groups is 1. The fourth-order valence-electron chi connectivity index (χ4n) is 2.04. The summed E-state index contributed by atoms with van der Waals surface area (Å²) in [6.07, 6.45) is -0.605. The molecule has 0 aliphatic heterocycles. The SMILES string of the molecule is CN=C(NCCO[C@H](COC(C)=O)[C@@H](OC(C)=O)[C@@H](C)OC(C)=O)SC. The Morgan fingerprint density at radius 2 is 1.69 bits per heavy atom. The van der Waals surface area contributed by atoms with E-state index in [0.717, 1.165) is 5.17 Å². The number of carbonyl (C=O) groups is 3. The van der Waals surface area contributed by atoms with Crippen LogP contribution in [0, 0.1) is 0 Å². The highest BCUT2D eigenvalue weighted by Gasteiger charge is 2.33. The summed E-state index contributed by atoms with van der Waals surface area (Å²) in [7, 11) is 1.67. The minimum atomic E-state index is -0.921. The highest BCUT2D eigenvalue weighted by atomic mass is 32.2. The first kappa shape index (κ1) is 24.2. The van der Waals surface area contributed by atoms with Crippen molar-refractivity contribution in [3.63, 3.8) is 0 Å². The van der Waals surface area contributed by atoms with Crippen molar-refractivity contribution in [2.24, 2.45) is 4.99 Å². The molecule has 0 aliphatic carbocycles. The molecule has 0 fully saturated rings. The van der Waals surface area contributed by atoms with Crippen molar-refractivity contribution in [1.29, 1.82) is 0 Å². The molecular weight excluding hydrogens is 364 g/mol. The third kappa shape index (κ3) is 10.9. The van der Waals surface area contributed by atoms with Gasteiger partial charge in [-0.2, -0.15) is 0 Å². The number of nitrogens with one attached hydrogen (secondary N) is 1. The molecule has 0 aromatic carbocycles. The molecule has 0 aromatic rings. The molecule has 0 saturated heterocycles. The van der Waals surface area contributed by atoms with Crippen LogP contribution in [-0.4, -0.2) is 74.4 Å². The summed E-state index contributed by atoms with van der Waals surface area (Å²) in [6, 6.07) is 0. The lowest BCUT2D eigenvalue weighted by molar-refractivity contribution is -0.182. The van der Waals surface area contributed by atoms with E-state index in [9.17, 15) is 14.4 Å². The van der Waals surface area contributed by atoms with Crippen molar-refractivity contribution < 1.29 is 33.3 Å². The molecule has 0 rings (SSSR count). The number of hydrogen-bond donors (Lipinski definition) is 1. The maximum absolute atomic E-state index is 11.4. The molecule has 26 heavy (non-hydrogen) atoms. The Labute approximate surface area is 158 Å². The molecule has 3 atom stereocenters. The lowest BCUT2D eigenvalue weighted by atomic mass is 10.1. The summed E-state index contributed by atoms with van der Waals surface area (Å²) in [5.74, 6) is -1.58. The molecule has 0 aliphatic rings. The first-order chi connectivity index (χ1) is 12.2. The summed E-state index contributed by atoms with van der Waals surface area (Å²) < 4.78 is 21.1. The maximum Gasteiger partial charge on any atom is 0.303 e. The number of rotatable bonds is 10. The zero-order chi connectivity index (χ0) is 20.1. The zero-order valence-electron chi connectivity index (χ0n) is 16.1. The predicted molar refractivity (Wildman–Crippen MR) is 98.0 cm³/mol. The second kappa shape index (κ2) is 13.4. The molecule has 0 unspecified atom stereocenters. The van der Waals surface area contributed by atoms with Gasteiger partial charge in [0.05, 0.1) is 6.61 Å². The number of hydrogen-bond acceptors (Lipinski definition) is 9. The fraction of sp³-hybridized carbons (Fsp3) is 0.750. The summed E-state index contributed by atoms with van der Waals surface area (Å²) in [5, 5.41) is 3.81. The fourth-order valence-corrected chi connectivity index (χ4v) is 2.47. The van der Waals surface area contributed by atoms with Gasteiger partial charge in [0.15, 0.2) is 11.3 Å². The van der Waals surface area contributed by atoms with E-state index in [1.807, 2.05) is 6.26 Å². The first-order valence-corrected chi connectivity index (χ1v) is 9.27. The average molecular weight is 392 g/mol. The van der Waals surface area contributed by atoms with Crippen molar-refractivity contribution >= 4 is 34.8 Å². The number of aliphatic imine (C=N–C) groups is 1. The molecule has 10 heteroatoms. The Morgan fingerprint density at radius 3 is 2.15 bits per heavy atom. The predicted octanol–water partition coefficient (Wildman–Crippen LogP) is 0.756. The highest BCUT2D eigenvalue weighted by Crippen LogP contribution is 2.14. The monoisotopic (exact) mass is 392 g/mol. The third-order valence-corrected chi connectivity index (χ3v) is 3.75. The topological polar surface area (TPSA) is 113 Å². The van der Waals surface area contributed by atoms with E-state index in [2.05, 4.69) is 10.3 Å². The average Bonchev–Trinajstić information content (AvgIpc) is 2.54. The molecule has 0 spiro atoms. The van der Waals surface area contributed by atoms with E-state index in [1.54, 1.807) is 14.0 Å². The minimum absolute atomic E-state index is 0.143. The van der Waals surface area contributed by atoms with Gasteiger partial charge in [-0.25, -0.2) is 0 Å². The molecule has 0 bridgehead atoms. The van der Waals surface area contributed by atoms with Crippen molar-refractivity contribution in [2.45, 2.75) is 46.0 Å². The van der Waals surface area contributed by atoms with Gasteiger partial charge in [0, 0.05) is 34.4 Å². The summed E-state index contributed by atoms with van der Waals surface area (Å²) in [5.41, 5.74) is 0. The van der Waals surface area contributed by atoms with Gasteiger partial charge in [0.1, 0.15) is 18.8 Å². The Hall–Kier alpha value is -1.81. The van der Waals surface area contributed by atoms with E-state index in [4.69, 9.17) is 18.9 Å². The Bertz CT molecular complexity index is 499. The van der Waals surface area contributed by atoms with Gasteiger partial charge in [-0.3, -0.25) is 19.4 Å². The van der Waals surface area contributed by atoms with Gasteiger partial charge in [-0.05, 0) is 13.2 Å². The van der Waals surface area contributed by atoms with Crippen LogP contribution in [0.15, 0.2) is 4.99 Å². The van der Waals surface area contributed by atoms with Gasteiger partial charge in [-0.15, -0.1) is 0 Å². The van der Waals surface area contributed by atoms with Gasteiger partial charge < -0.3 is 24.3 Å². The Balaban J connectivity index is 5.01. The second-order valence-corrected chi connectivity index (χ2v) is 6.06.